The topological polar surface area (TPSA) is 76.8 Å². The van der Waals surface area contributed by atoms with Crippen LogP contribution in [-0.4, -0.2) is 31.8 Å². The first-order chi connectivity index (χ1) is 13.8. The molecule has 0 aliphatic heterocycles. The summed E-state index contributed by atoms with van der Waals surface area (Å²) in [6.07, 6.45) is 5.46. The molecular weight excluding hydrogens is 375 g/mol. The van der Waals surface area contributed by atoms with Crippen LogP contribution in [0.3, 0.4) is 0 Å². The van der Waals surface area contributed by atoms with Crippen LogP contribution in [0.1, 0.15) is 44.1 Å². The number of halogens is 1. The Morgan fingerprint density at radius 1 is 1.21 bits per heavy atom. The molecule has 0 radical (unpaired) electrons. The zero-order valence-corrected chi connectivity index (χ0v) is 16.4. The lowest BCUT2D eigenvalue weighted by Gasteiger charge is -2.27. The van der Waals surface area contributed by atoms with Gasteiger partial charge in [-0.25, -0.2) is 24.1 Å². The van der Waals surface area contributed by atoms with Gasteiger partial charge >= 0.3 is 6.09 Å². The van der Waals surface area contributed by atoms with E-state index >= 15 is 0 Å². The summed E-state index contributed by atoms with van der Waals surface area (Å²) < 4.78 is 21.7. The largest absolute Gasteiger partial charge is 0.443 e. The number of carbonyl (C=O) groups excluding carboxylic acids is 2. The number of anilines is 2. The summed E-state index contributed by atoms with van der Waals surface area (Å²) in [4.78, 5) is 35.2. The van der Waals surface area contributed by atoms with Crippen molar-refractivity contribution in [2.24, 2.45) is 5.92 Å². The number of ether oxygens (including phenoxy) is 1. The lowest BCUT2D eigenvalue weighted by Crippen LogP contribution is -2.35. The second kappa shape index (κ2) is 6.95. The Bertz CT molecular complexity index is 1100. The quantitative estimate of drug-likeness (QED) is 0.606. The van der Waals surface area contributed by atoms with Crippen LogP contribution in [0.4, 0.5) is 20.7 Å². The van der Waals surface area contributed by atoms with E-state index in [9.17, 15) is 14.0 Å². The Hall–Kier alpha value is -3.29. The maximum Gasteiger partial charge on any atom is 0.420 e. The van der Waals surface area contributed by atoms with E-state index in [1.54, 1.807) is 37.4 Å². The van der Waals surface area contributed by atoms with Gasteiger partial charge in [0.25, 0.3) is 0 Å². The van der Waals surface area contributed by atoms with Crippen LogP contribution in [-0.2, 0) is 4.74 Å². The van der Waals surface area contributed by atoms with Gasteiger partial charge in [-0.3, -0.25) is 9.20 Å². The zero-order chi connectivity index (χ0) is 20.8. The van der Waals surface area contributed by atoms with Crippen LogP contribution >= 0.6 is 0 Å². The van der Waals surface area contributed by atoms with Crippen molar-refractivity contribution in [3.05, 3.63) is 54.4 Å². The highest BCUT2D eigenvalue weighted by Crippen LogP contribution is 2.35. The fourth-order valence-corrected chi connectivity index (χ4v) is 3.04. The summed E-state index contributed by atoms with van der Waals surface area (Å²) in [7, 11) is 0. The number of hydrogen-bond donors (Lipinski definition) is 0. The summed E-state index contributed by atoms with van der Waals surface area (Å²) in [6.45, 7) is 5.17. The molecule has 7 nitrogen and oxygen atoms in total. The van der Waals surface area contributed by atoms with Crippen molar-refractivity contribution in [2.45, 2.75) is 39.2 Å². The third-order valence-electron chi connectivity index (χ3n) is 4.49. The van der Waals surface area contributed by atoms with E-state index in [0.29, 0.717) is 5.69 Å². The third-order valence-corrected chi connectivity index (χ3v) is 4.49. The molecule has 0 N–H and O–H groups in total. The van der Waals surface area contributed by atoms with Gasteiger partial charge in [-0.15, -0.1) is 0 Å². The molecule has 0 spiro atoms. The summed E-state index contributed by atoms with van der Waals surface area (Å²) >= 11 is 0. The number of para-hydroxylation sites is 1. The van der Waals surface area contributed by atoms with E-state index in [-0.39, 0.29) is 28.9 Å². The molecule has 0 bridgehead atoms. The van der Waals surface area contributed by atoms with E-state index in [4.69, 9.17) is 4.74 Å². The highest BCUT2D eigenvalue weighted by molar-refractivity contribution is 6.01. The summed E-state index contributed by atoms with van der Waals surface area (Å²) in [6, 6.07) is 5.86. The Balaban J connectivity index is 1.86. The van der Waals surface area contributed by atoms with E-state index in [2.05, 4.69) is 9.97 Å². The number of hydrogen-bond acceptors (Lipinski definition) is 5. The monoisotopic (exact) mass is 396 g/mol. The van der Waals surface area contributed by atoms with Crippen LogP contribution in [0.5, 0.6) is 0 Å². The molecule has 2 aromatic heterocycles. The van der Waals surface area contributed by atoms with Gasteiger partial charge in [0.2, 0.25) is 0 Å². The molecule has 29 heavy (non-hydrogen) atoms. The third kappa shape index (κ3) is 3.70. The average molecular weight is 396 g/mol. The highest BCUT2D eigenvalue weighted by atomic mass is 19.1. The number of nitrogens with zero attached hydrogens (tertiary/aromatic N) is 4. The normalized spacial score (nSPS) is 14.1. The SMILES string of the molecule is CC(C)(C)OC(=O)N(c1ccccc1F)c1nccn2c(C(=O)C3CC3)cnc12. The van der Waals surface area contributed by atoms with Crippen molar-refractivity contribution < 1.29 is 18.7 Å². The van der Waals surface area contributed by atoms with Crippen LogP contribution in [0.2, 0.25) is 0 Å². The maximum atomic E-state index is 14.6. The predicted molar refractivity (Wildman–Crippen MR) is 105 cm³/mol. The number of carbonyl (C=O) groups is 2. The molecule has 4 rings (SSSR count). The molecule has 0 unspecified atom stereocenters. The smallest absolute Gasteiger partial charge is 0.420 e. The fourth-order valence-electron chi connectivity index (χ4n) is 3.04. The van der Waals surface area contributed by atoms with Crippen LogP contribution < -0.4 is 4.90 Å². The number of rotatable bonds is 4. The first kappa shape index (κ1) is 19.0. The van der Waals surface area contributed by atoms with Crippen LogP contribution in [0.15, 0.2) is 42.9 Å². The molecule has 1 aliphatic rings. The van der Waals surface area contributed by atoms with Gasteiger partial charge in [-0.2, -0.15) is 0 Å². The van der Waals surface area contributed by atoms with E-state index in [1.165, 1.54) is 30.6 Å². The molecule has 150 valence electrons. The fraction of sp³-hybridized carbons (Fsp3) is 0.333. The molecule has 2 heterocycles. The molecule has 1 aliphatic carbocycles. The van der Waals surface area contributed by atoms with E-state index < -0.39 is 17.5 Å². The summed E-state index contributed by atoms with van der Waals surface area (Å²) in [5.41, 5.74) is -0.122. The lowest BCUT2D eigenvalue weighted by atomic mass is 10.2. The molecule has 8 heteroatoms. The van der Waals surface area contributed by atoms with Crippen molar-refractivity contribution in [3.63, 3.8) is 0 Å². The molecule has 1 aromatic carbocycles. The Morgan fingerprint density at radius 2 is 1.93 bits per heavy atom. The van der Waals surface area contributed by atoms with Gasteiger partial charge in [0.1, 0.15) is 17.1 Å². The molecule has 1 amide bonds. The van der Waals surface area contributed by atoms with Crippen molar-refractivity contribution in [2.75, 3.05) is 4.90 Å². The Kier molecular flexibility index (Phi) is 4.56. The number of ketones is 1. The van der Waals surface area contributed by atoms with Gasteiger partial charge in [-0.05, 0) is 45.7 Å². The van der Waals surface area contributed by atoms with Gasteiger partial charge in [-0.1, -0.05) is 12.1 Å². The van der Waals surface area contributed by atoms with Crippen molar-refractivity contribution in [3.8, 4) is 0 Å². The molecular formula is C21H21FN4O3. The minimum Gasteiger partial charge on any atom is -0.443 e. The number of Topliss-reactive ketones (excluding diaryl/α,β-unsaturated/α-hetero) is 1. The Labute approximate surface area is 167 Å². The molecule has 0 saturated heterocycles. The first-order valence-corrected chi connectivity index (χ1v) is 9.40. The molecule has 1 fully saturated rings. The molecule has 0 atom stereocenters. The van der Waals surface area contributed by atoms with Crippen molar-refractivity contribution in [1.29, 1.82) is 0 Å². The molecule has 3 aromatic rings. The van der Waals surface area contributed by atoms with Gasteiger partial charge in [0, 0.05) is 18.3 Å². The van der Waals surface area contributed by atoms with Crippen molar-refractivity contribution >= 4 is 29.0 Å². The minimum absolute atomic E-state index is 0.00404. The highest BCUT2D eigenvalue weighted by Gasteiger charge is 2.34. The van der Waals surface area contributed by atoms with Crippen LogP contribution in [0, 0.1) is 11.7 Å². The zero-order valence-electron chi connectivity index (χ0n) is 16.4. The molecule has 1 saturated carbocycles. The summed E-state index contributed by atoms with van der Waals surface area (Å²) in [5, 5.41) is 0. The first-order valence-electron chi connectivity index (χ1n) is 9.40. The van der Waals surface area contributed by atoms with Gasteiger partial charge < -0.3 is 4.74 Å². The number of benzene rings is 1. The second-order valence-electron chi connectivity index (χ2n) is 7.99. The summed E-state index contributed by atoms with van der Waals surface area (Å²) in [5.74, 6) is -0.505. The standard InChI is InChI=1S/C21H21FN4O3/c1-21(2,3)29-20(28)26(15-7-5-4-6-14(15)22)19-18-24-12-16(17(27)13-8-9-13)25(18)11-10-23-19/h4-7,10-13H,8-9H2,1-3H3. The van der Waals surface area contributed by atoms with E-state index in [1.807, 2.05) is 0 Å². The average Bonchev–Trinajstić information content (AvgIpc) is 3.41. The second-order valence-corrected chi connectivity index (χ2v) is 7.99. The lowest BCUT2D eigenvalue weighted by molar-refractivity contribution is 0.0597. The Morgan fingerprint density at radius 3 is 2.59 bits per heavy atom. The van der Waals surface area contributed by atoms with Crippen LogP contribution in [0.25, 0.3) is 5.65 Å². The van der Waals surface area contributed by atoms with E-state index in [0.717, 1.165) is 17.7 Å². The van der Waals surface area contributed by atoms with Gasteiger partial charge in [0.05, 0.1) is 11.9 Å². The maximum absolute atomic E-state index is 14.6. The predicted octanol–water partition coefficient (Wildman–Crippen LogP) is 4.53. The van der Waals surface area contributed by atoms with Crippen molar-refractivity contribution in [1.82, 2.24) is 14.4 Å². The number of fused-ring (bicyclic) bond motifs is 1. The number of imidazole rings is 1. The minimum atomic E-state index is -0.797. The number of amides is 1. The van der Waals surface area contributed by atoms with Gasteiger partial charge in [0.15, 0.2) is 17.2 Å². The number of aromatic nitrogens is 3.